The summed E-state index contributed by atoms with van der Waals surface area (Å²) in [5.41, 5.74) is 3.77. The fraction of sp³-hybridized carbons (Fsp3) is 0.120. The number of carbonyl (C=O) groups is 1. The summed E-state index contributed by atoms with van der Waals surface area (Å²) < 4.78 is 6.55. The Morgan fingerprint density at radius 2 is 1.65 bits per heavy atom. The van der Waals surface area contributed by atoms with Gasteiger partial charge in [-0.15, -0.1) is 0 Å². The van der Waals surface area contributed by atoms with Gasteiger partial charge in [-0.3, -0.25) is 9.69 Å². The van der Waals surface area contributed by atoms with Gasteiger partial charge in [-0.25, -0.2) is 0 Å². The van der Waals surface area contributed by atoms with Gasteiger partial charge in [0.15, 0.2) is 4.32 Å². The molecular formula is C25H22N2O2S2. The predicted molar refractivity (Wildman–Crippen MR) is 134 cm³/mol. The van der Waals surface area contributed by atoms with Crippen LogP contribution in [0.3, 0.4) is 0 Å². The van der Waals surface area contributed by atoms with Crippen molar-refractivity contribution in [1.29, 1.82) is 0 Å². The van der Waals surface area contributed by atoms with Crippen molar-refractivity contribution >= 4 is 51.7 Å². The van der Waals surface area contributed by atoms with Gasteiger partial charge in [0.1, 0.15) is 12.4 Å². The van der Waals surface area contributed by atoms with Crippen molar-refractivity contribution in [2.45, 2.75) is 6.61 Å². The maximum atomic E-state index is 13.1. The molecule has 3 aromatic carbocycles. The molecule has 0 spiro atoms. The molecule has 0 atom stereocenters. The highest BCUT2D eigenvalue weighted by Crippen LogP contribution is 2.37. The van der Waals surface area contributed by atoms with Crippen LogP contribution in [0.15, 0.2) is 83.8 Å². The zero-order chi connectivity index (χ0) is 21.8. The van der Waals surface area contributed by atoms with Crippen LogP contribution >= 0.6 is 24.0 Å². The van der Waals surface area contributed by atoms with Gasteiger partial charge in [0.2, 0.25) is 0 Å². The smallest absolute Gasteiger partial charge is 0.270 e. The van der Waals surface area contributed by atoms with Gasteiger partial charge < -0.3 is 9.64 Å². The number of nitrogens with zero attached hydrogens (tertiary/aromatic N) is 2. The van der Waals surface area contributed by atoms with Gasteiger partial charge in [-0.2, -0.15) is 0 Å². The molecule has 6 heteroatoms. The average Bonchev–Trinajstić information content (AvgIpc) is 3.06. The maximum Gasteiger partial charge on any atom is 0.270 e. The molecule has 0 aliphatic carbocycles. The summed E-state index contributed by atoms with van der Waals surface area (Å²) in [5, 5.41) is 0. The van der Waals surface area contributed by atoms with E-state index in [2.05, 4.69) is 0 Å². The number of hydrogen-bond acceptors (Lipinski definition) is 5. The molecule has 4 rings (SSSR count). The van der Waals surface area contributed by atoms with Crippen molar-refractivity contribution in [3.63, 3.8) is 0 Å². The van der Waals surface area contributed by atoms with Crippen LogP contribution in [0.25, 0.3) is 6.08 Å². The van der Waals surface area contributed by atoms with E-state index in [1.807, 2.05) is 104 Å². The van der Waals surface area contributed by atoms with Crippen LogP contribution in [-0.4, -0.2) is 24.3 Å². The molecule has 3 aromatic rings. The highest BCUT2D eigenvalue weighted by atomic mass is 32.2. The van der Waals surface area contributed by atoms with Gasteiger partial charge in [-0.05, 0) is 42.0 Å². The molecule has 156 valence electrons. The summed E-state index contributed by atoms with van der Waals surface area (Å²) in [7, 11) is 3.96. The minimum atomic E-state index is -0.120. The second kappa shape index (κ2) is 9.37. The molecule has 0 aromatic heterocycles. The lowest BCUT2D eigenvalue weighted by Gasteiger charge is -2.17. The molecule has 1 aliphatic heterocycles. The third-order valence-electron chi connectivity index (χ3n) is 4.86. The van der Waals surface area contributed by atoms with Gasteiger partial charge in [0.05, 0.1) is 10.6 Å². The lowest BCUT2D eigenvalue weighted by Crippen LogP contribution is -2.27. The number of anilines is 2. The number of benzene rings is 3. The lowest BCUT2D eigenvalue weighted by atomic mass is 10.1. The monoisotopic (exact) mass is 446 g/mol. The Hall–Kier alpha value is -3.09. The highest BCUT2D eigenvalue weighted by Gasteiger charge is 2.33. The van der Waals surface area contributed by atoms with E-state index in [-0.39, 0.29) is 5.91 Å². The predicted octanol–water partition coefficient (Wildman–Crippen LogP) is 5.74. The van der Waals surface area contributed by atoms with Crippen molar-refractivity contribution in [2.75, 3.05) is 23.9 Å². The molecule has 1 heterocycles. The second-order valence-corrected chi connectivity index (χ2v) is 8.92. The average molecular weight is 447 g/mol. The van der Waals surface area contributed by atoms with Crippen LogP contribution in [0.5, 0.6) is 5.75 Å². The highest BCUT2D eigenvalue weighted by molar-refractivity contribution is 8.27. The van der Waals surface area contributed by atoms with Crippen LogP contribution in [0.4, 0.5) is 11.4 Å². The van der Waals surface area contributed by atoms with Crippen molar-refractivity contribution in [2.24, 2.45) is 0 Å². The third-order valence-corrected chi connectivity index (χ3v) is 6.16. The molecule has 0 radical (unpaired) electrons. The Labute approximate surface area is 192 Å². The minimum Gasteiger partial charge on any atom is -0.488 e. The van der Waals surface area contributed by atoms with Crippen LogP contribution < -0.4 is 14.5 Å². The van der Waals surface area contributed by atoms with E-state index in [0.29, 0.717) is 15.8 Å². The Bertz CT molecular complexity index is 1130. The van der Waals surface area contributed by atoms with Crippen LogP contribution in [0.1, 0.15) is 11.1 Å². The number of ether oxygens (including phenoxy) is 1. The molecule has 4 nitrogen and oxygen atoms in total. The van der Waals surface area contributed by atoms with Crippen LogP contribution in [-0.2, 0) is 11.4 Å². The largest absolute Gasteiger partial charge is 0.488 e. The van der Waals surface area contributed by atoms with Gasteiger partial charge in [-0.1, -0.05) is 72.5 Å². The van der Waals surface area contributed by atoms with E-state index in [9.17, 15) is 4.79 Å². The number of amides is 1. The zero-order valence-electron chi connectivity index (χ0n) is 17.3. The molecular weight excluding hydrogens is 424 g/mol. The second-order valence-electron chi connectivity index (χ2n) is 7.24. The Kier molecular flexibility index (Phi) is 6.39. The molecule has 0 bridgehead atoms. The first-order valence-corrected chi connectivity index (χ1v) is 11.1. The van der Waals surface area contributed by atoms with Gasteiger partial charge >= 0.3 is 0 Å². The number of rotatable bonds is 6. The van der Waals surface area contributed by atoms with E-state index >= 15 is 0 Å². The van der Waals surface area contributed by atoms with Crippen molar-refractivity contribution in [3.8, 4) is 5.75 Å². The summed E-state index contributed by atoms with van der Waals surface area (Å²) in [4.78, 5) is 17.3. The molecule has 1 saturated heterocycles. The molecule has 31 heavy (non-hydrogen) atoms. The summed E-state index contributed by atoms with van der Waals surface area (Å²) >= 11 is 6.82. The number of thioether (sulfide) groups is 1. The Balaban J connectivity index is 1.55. The Morgan fingerprint density at radius 1 is 0.968 bits per heavy atom. The standard InChI is InChI=1S/C25H22N2O2S2/c1-26(2)20-12-14-21(15-13-20)27-24(28)23(31-25(27)30)16-19-10-6-7-11-22(19)29-17-18-8-4-3-5-9-18/h3-16H,17H2,1-2H3/b23-16+. The number of thiocarbonyl (C=S) groups is 1. The third kappa shape index (κ3) is 4.81. The number of para-hydroxylation sites is 1. The topological polar surface area (TPSA) is 32.8 Å². The summed E-state index contributed by atoms with van der Waals surface area (Å²) in [5.74, 6) is 0.609. The normalized spacial score (nSPS) is 14.9. The molecule has 0 N–H and O–H groups in total. The van der Waals surface area contributed by atoms with Crippen molar-refractivity contribution in [3.05, 3.63) is 94.9 Å². The molecule has 1 aliphatic rings. The summed E-state index contributed by atoms with van der Waals surface area (Å²) in [6, 6.07) is 25.5. The van der Waals surface area contributed by atoms with E-state index in [4.69, 9.17) is 17.0 Å². The van der Waals surface area contributed by atoms with Gasteiger partial charge in [0.25, 0.3) is 5.91 Å². The fourth-order valence-corrected chi connectivity index (χ4v) is 4.49. The SMILES string of the molecule is CN(C)c1ccc(N2C(=O)/C(=C\c3ccccc3OCc3ccccc3)SC2=S)cc1. The first kappa shape index (κ1) is 21.2. The molecule has 0 unspecified atom stereocenters. The van der Waals surface area contributed by atoms with Crippen LogP contribution in [0.2, 0.25) is 0 Å². The van der Waals surface area contributed by atoms with E-state index in [1.165, 1.54) is 11.8 Å². The molecule has 1 fully saturated rings. The number of carbonyl (C=O) groups excluding carboxylic acids is 1. The minimum absolute atomic E-state index is 0.120. The van der Waals surface area contributed by atoms with Crippen molar-refractivity contribution < 1.29 is 9.53 Å². The van der Waals surface area contributed by atoms with Gasteiger partial charge in [0, 0.05) is 25.3 Å². The van der Waals surface area contributed by atoms with E-state index in [0.717, 1.165) is 28.3 Å². The van der Waals surface area contributed by atoms with E-state index in [1.54, 1.807) is 4.90 Å². The maximum absolute atomic E-state index is 13.1. The molecule has 0 saturated carbocycles. The quantitative estimate of drug-likeness (QED) is 0.356. The zero-order valence-corrected chi connectivity index (χ0v) is 19.0. The summed E-state index contributed by atoms with van der Waals surface area (Å²) in [6.07, 6.45) is 1.85. The first-order valence-electron chi connectivity index (χ1n) is 9.84. The van der Waals surface area contributed by atoms with Crippen LogP contribution in [0, 0.1) is 0 Å². The first-order chi connectivity index (χ1) is 15.0. The Morgan fingerprint density at radius 3 is 2.35 bits per heavy atom. The van der Waals surface area contributed by atoms with Crippen molar-refractivity contribution in [1.82, 2.24) is 0 Å². The molecule has 1 amide bonds. The lowest BCUT2D eigenvalue weighted by molar-refractivity contribution is -0.113. The summed E-state index contributed by atoms with van der Waals surface area (Å²) in [6.45, 7) is 0.463. The number of hydrogen-bond donors (Lipinski definition) is 0. The fourth-order valence-electron chi connectivity index (χ4n) is 3.20. The van der Waals surface area contributed by atoms with E-state index < -0.39 is 0 Å².